The predicted octanol–water partition coefficient (Wildman–Crippen LogP) is 3.47. The monoisotopic (exact) mass is 446 g/mol. The van der Waals surface area contributed by atoms with Crippen LogP contribution < -0.4 is 15.4 Å². The summed E-state index contributed by atoms with van der Waals surface area (Å²) in [6.07, 6.45) is 0. The molecule has 1 aliphatic rings. The van der Waals surface area contributed by atoms with Crippen molar-refractivity contribution in [3.8, 4) is 23.1 Å². The van der Waals surface area contributed by atoms with Crippen LogP contribution in [0.4, 0.5) is 17.1 Å². The number of aromatic nitrogens is 1. The molecule has 0 spiro atoms. The van der Waals surface area contributed by atoms with E-state index in [1.54, 1.807) is 31.1 Å². The number of piperazine rings is 1. The van der Waals surface area contributed by atoms with Gasteiger partial charge in [0, 0.05) is 31.7 Å². The summed E-state index contributed by atoms with van der Waals surface area (Å²) in [5.74, 6) is 0.842. The van der Waals surface area contributed by atoms with Gasteiger partial charge in [-0.1, -0.05) is 17.3 Å². The van der Waals surface area contributed by atoms with Crippen LogP contribution in [-0.2, 0) is 0 Å². The number of nitrogen functional groups attached to an aromatic ring is 1. The van der Waals surface area contributed by atoms with E-state index < -0.39 is 0 Å². The third kappa shape index (κ3) is 3.96. The number of rotatable bonds is 5. The Bertz CT molecular complexity index is 1250. The molecule has 0 aliphatic carbocycles. The SMILES string of the molecule is COc1ccccc1-c1noc(C)c1C(=O)N1CCN(c2cc(N)c(N=O)cc2C#N)CC1. The maximum absolute atomic E-state index is 13.4. The Morgan fingerprint density at radius 3 is 2.64 bits per heavy atom. The van der Waals surface area contributed by atoms with E-state index in [-0.39, 0.29) is 17.3 Å². The summed E-state index contributed by atoms with van der Waals surface area (Å²) in [6.45, 7) is 3.53. The molecule has 2 aromatic carbocycles. The number of anilines is 2. The Balaban J connectivity index is 1.56. The van der Waals surface area contributed by atoms with Crippen LogP contribution in [0.2, 0.25) is 0 Å². The largest absolute Gasteiger partial charge is 0.496 e. The Morgan fingerprint density at radius 1 is 1.24 bits per heavy atom. The topological polar surface area (TPSA) is 138 Å². The molecule has 0 radical (unpaired) electrons. The second kappa shape index (κ2) is 9.00. The molecule has 1 aliphatic heterocycles. The molecule has 0 atom stereocenters. The second-order valence-electron chi connectivity index (χ2n) is 7.57. The van der Waals surface area contributed by atoms with Crippen molar-refractivity contribution < 1.29 is 14.1 Å². The number of carbonyl (C=O) groups excluding carboxylic acids is 1. The molecular formula is C23H22N6O4. The van der Waals surface area contributed by atoms with E-state index in [4.69, 9.17) is 15.0 Å². The lowest BCUT2D eigenvalue weighted by Crippen LogP contribution is -2.49. The van der Waals surface area contributed by atoms with Gasteiger partial charge in [-0.15, -0.1) is 4.91 Å². The van der Waals surface area contributed by atoms with E-state index in [0.717, 1.165) is 0 Å². The maximum Gasteiger partial charge on any atom is 0.259 e. The molecule has 33 heavy (non-hydrogen) atoms. The van der Waals surface area contributed by atoms with Crippen LogP contribution in [0.3, 0.4) is 0 Å². The van der Waals surface area contributed by atoms with Gasteiger partial charge in [0.15, 0.2) is 0 Å². The summed E-state index contributed by atoms with van der Waals surface area (Å²) in [5, 5.41) is 16.5. The molecule has 168 valence electrons. The summed E-state index contributed by atoms with van der Waals surface area (Å²) in [4.78, 5) is 28.0. The zero-order chi connectivity index (χ0) is 23.5. The lowest BCUT2D eigenvalue weighted by Gasteiger charge is -2.36. The number of nitriles is 1. The number of methoxy groups -OCH3 is 1. The lowest BCUT2D eigenvalue weighted by molar-refractivity contribution is 0.0745. The molecule has 0 saturated carbocycles. The zero-order valence-corrected chi connectivity index (χ0v) is 18.2. The molecule has 0 unspecified atom stereocenters. The Kier molecular flexibility index (Phi) is 5.95. The van der Waals surface area contributed by atoms with Crippen LogP contribution in [0.1, 0.15) is 21.7 Å². The number of para-hydroxylation sites is 1. The smallest absolute Gasteiger partial charge is 0.259 e. The van der Waals surface area contributed by atoms with Crippen LogP contribution in [0, 0.1) is 23.2 Å². The molecule has 2 N–H and O–H groups in total. The van der Waals surface area contributed by atoms with E-state index in [2.05, 4.69) is 16.4 Å². The molecule has 4 rings (SSSR count). The van der Waals surface area contributed by atoms with Gasteiger partial charge in [0.25, 0.3) is 5.91 Å². The van der Waals surface area contributed by atoms with Gasteiger partial charge in [0.2, 0.25) is 0 Å². The van der Waals surface area contributed by atoms with Crippen LogP contribution in [0.15, 0.2) is 46.1 Å². The molecular weight excluding hydrogens is 424 g/mol. The van der Waals surface area contributed by atoms with Gasteiger partial charge in [-0.25, -0.2) is 0 Å². The average Bonchev–Trinajstić information content (AvgIpc) is 3.24. The number of hydrogen-bond acceptors (Lipinski definition) is 9. The molecule has 3 aromatic rings. The van der Waals surface area contributed by atoms with Crippen molar-refractivity contribution in [2.75, 3.05) is 43.9 Å². The minimum atomic E-state index is -0.185. The third-order valence-corrected chi connectivity index (χ3v) is 5.71. The number of hydrogen-bond donors (Lipinski definition) is 1. The Morgan fingerprint density at radius 2 is 1.97 bits per heavy atom. The van der Waals surface area contributed by atoms with Gasteiger partial charge < -0.3 is 24.8 Å². The fourth-order valence-electron chi connectivity index (χ4n) is 3.98. The maximum atomic E-state index is 13.4. The minimum absolute atomic E-state index is 0.0379. The van der Waals surface area contributed by atoms with Crippen LogP contribution in [0.5, 0.6) is 5.75 Å². The number of amides is 1. The van der Waals surface area contributed by atoms with Crippen molar-refractivity contribution in [1.82, 2.24) is 10.1 Å². The van der Waals surface area contributed by atoms with Crippen molar-refractivity contribution in [2.45, 2.75) is 6.92 Å². The van der Waals surface area contributed by atoms with Crippen LogP contribution in [-0.4, -0.2) is 49.3 Å². The first-order valence-electron chi connectivity index (χ1n) is 10.3. The van der Waals surface area contributed by atoms with E-state index in [1.807, 2.05) is 23.1 Å². The lowest BCUT2D eigenvalue weighted by atomic mass is 10.0. The van der Waals surface area contributed by atoms with E-state index in [1.165, 1.54) is 6.07 Å². The highest BCUT2D eigenvalue weighted by Crippen LogP contribution is 2.34. The average molecular weight is 446 g/mol. The van der Waals surface area contributed by atoms with Gasteiger partial charge in [-0.05, 0) is 36.4 Å². The highest BCUT2D eigenvalue weighted by molar-refractivity contribution is 6.01. The zero-order valence-electron chi connectivity index (χ0n) is 18.2. The molecule has 0 bridgehead atoms. The fourth-order valence-corrected chi connectivity index (χ4v) is 3.98. The Labute approximate surface area is 190 Å². The van der Waals surface area contributed by atoms with Gasteiger partial charge in [0.1, 0.15) is 34.5 Å². The molecule has 1 fully saturated rings. The Hall–Kier alpha value is -4.39. The van der Waals surface area contributed by atoms with E-state index in [0.29, 0.717) is 65.8 Å². The van der Waals surface area contributed by atoms with Crippen molar-refractivity contribution in [1.29, 1.82) is 5.26 Å². The predicted molar refractivity (Wildman–Crippen MR) is 122 cm³/mol. The second-order valence-corrected chi connectivity index (χ2v) is 7.57. The summed E-state index contributed by atoms with van der Waals surface area (Å²) in [6, 6.07) is 12.4. The van der Waals surface area contributed by atoms with Gasteiger partial charge in [0.05, 0.1) is 24.0 Å². The van der Waals surface area contributed by atoms with Crippen molar-refractivity contribution >= 4 is 23.0 Å². The summed E-state index contributed by atoms with van der Waals surface area (Å²) in [5.41, 5.74) is 8.58. The summed E-state index contributed by atoms with van der Waals surface area (Å²) >= 11 is 0. The fraction of sp³-hybridized carbons (Fsp3) is 0.261. The number of nitroso groups, excluding NO2 is 1. The summed E-state index contributed by atoms with van der Waals surface area (Å²) < 4.78 is 10.8. The number of nitrogens with zero attached hydrogens (tertiary/aromatic N) is 5. The number of nitrogens with two attached hydrogens (primary N) is 1. The first-order valence-corrected chi connectivity index (χ1v) is 10.3. The molecule has 1 amide bonds. The van der Waals surface area contributed by atoms with Crippen molar-refractivity contribution in [2.24, 2.45) is 5.18 Å². The quantitative estimate of drug-likeness (QED) is 0.464. The van der Waals surface area contributed by atoms with E-state index >= 15 is 0 Å². The normalized spacial score (nSPS) is 13.5. The standard InChI is InChI=1S/C23H22N6O4/c1-14-21(22(27-33-14)16-5-3-4-6-20(16)32-2)23(30)29-9-7-28(8-10-29)19-12-17(25)18(26-31)11-15(19)13-24/h3-6,11-12H,7-10,25H2,1-2H3. The molecule has 10 heteroatoms. The molecule has 2 heterocycles. The third-order valence-electron chi connectivity index (χ3n) is 5.71. The molecule has 1 aromatic heterocycles. The first-order chi connectivity index (χ1) is 16.0. The van der Waals surface area contributed by atoms with Crippen LogP contribution >= 0.6 is 0 Å². The van der Waals surface area contributed by atoms with Crippen molar-refractivity contribution in [3.63, 3.8) is 0 Å². The number of ether oxygens (including phenoxy) is 1. The number of benzene rings is 2. The van der Waals surface area contributed by atoms with Gasteiger partial charge >= 0.3 is 0 Å². The van der Waals surface area contributed by atoms with Crippen LogP contribution in [0.25, 0.3) is 11.3 Å². The highest BCUT2D eigenvalue weighted by Gasteiger charge is 2.30. The van der Waals surface area contributed by atoms with Gasteiger partial charge in [-0.2, -0.15) is 5.26 Å². The minimum Gasteiger partial charge on any atom is -0.496 e. The number of aryl methyl sites for hydroxylation is 1. The van der Waals surface area contributed by atoms with Crippen molar-refractivity contribution in [3.05, 3.63) is 58.2 Å². The molecule has 1 saturated heterocycles. The first kappa shape index (κ1) is 21.8. The van der Waals surface area contributed by atoms with E-state index in [9.17, 15) is 15.0 Å². The number of carbonyl (C=O) groups is 1. The highest BCUT2D eigenvalue weighted by atomic mass is 16.5. The summed E-state index contributed by atoms with van der Waals surface area (Å²) in [7, 11) is 1.56. The molecule has 10 nitrogen and oxygen atoms in total. The van der Waals surface area contributed by atoms with Gasteiger partial charge in [-0.3, -0.25) is 4.79 Å².